The normalized spacial score (nSPS) is 48.3. The van der Waals surface area contributed by atoms with Crippen molar-refractivity contribution in [3.05, 3.63) is 12.2 Å². The molecule has 0 heterocycles. The van der Waals surface area contributed by atoms with Crippen molar-refractivity contribution in [2.75, 3.05) is 0 Å². The van der Waals surface area contributed by atoms with E-state index in [1.807, 2.05) is 27.7 Å². The maximum absolute atomic E-state index is 4.55. The zero-order valence-corrected chi connectivity index (χ0v) is 28.9. The van der Waals surface area contributed by atoms with Gasteiger partial charge in [-0.05, 0) is 94.7 Å². The summed E-state index contributed by atoms with van der Waals surface area (Å²) >= 11 is 0. The average molecular weight is 517 g/mol. The molecule has 0 aliphatic heterocycles. The van der Waals surface area contributed by atoms with Crippen molar-refractivity contribution >= 4 is 0 Å². The van der Waals surface area contributed by atoms with E-state index in [9.17, 15) is 0 Å². The predicted molar refractivity (Wildman–Crippen MR) is 170 cm³/mol. The van der Waals surface area contributed by atoms with Crippen molar-refractivity contribution in [2.45, 2.75) is 143 Å². The molecule has 3 aliphatic carbocycles. The minimum absolute atomic E-state index is 0.356. The van der Waals surface area contributed by atoms with Crippen LogP contribution in [0.5, 0.6) is 0 Å². The Balaban J connectivity index is 0.00000163. The second-order valence-electron chi connectivity index (χ2n) is 14.5. The van der Waals surface area contributed by atoms with Crippen LogP contribution >= 0.6 is 0 Å². The molecule has 3 fully saturated rings. The average Bonchev–Trinajstić information content (AvgIpc) is 3.14. The van der Waals surface area contributed by atoms with E-state index in [0.29, 0.717) is 28.1 Å². The van der Waals surface area contributed by atoms with Gasteiger partial charge in [-0.2, -0.15) is 0 Å². The lowest BCUT2D eigenvalue weighted by Crippen LogP contribution is -2.69. The van der Waals surface area contributed by atoms with Gasteiger partial charge in [-0.25, -0.2) is 0 Å². The summed E-state index contributed by atoms with van der Waals surface area (Å²) in [7, 11) is 0. The zero-order valence-electron chi connectivity index (χ0n) is 28.9. The quantitative estimate of drug-likeness (QED) is 0.308. The molecule has 0 aromatic rings. The van der Waals surface area contributed by atoms with Crippen LogP contribution < -0.4 is 0 Å². The minimum atomic E-state index is 0.356. The zero-order chi connectivity index (χ0) is 29.3. The van der Waals surface area contributed by atoms with Gasteiger partial charge in [-0.3, -0.25) is 0 Å². The number of hydrogen-bond donors (Lipinski definition) is 0. The van der Waals surface area contributed by atoms with Crippen LogP contribution in [0.3, 0.4) is 0 Å². The van der Waals surface area contributed by atoms with Crippen molar-refractivity contribution in [3.8, 4) is 0 Å². The smallest absolute Gasteiger partial charge is 0.0149 e. The molecule has 0 nitrogen and oxygen atoms in total. The Morgan fingerprint density at radius 2 is 1.35 bits per heavy atom. The summed E-state index contributed by atoms with van der Waals surface area (Å²) in [5, 5.41) is 0. The molecule has 0 amide bonds. The molecule has 0 aromatic heterocycles. The molecule has 220 valence electrons. The van der Waals surface area contributed by atoms with Gasteiger partial charge in [-0.1, -0.05) is 142 Å². The molecule has 0 aromatic carbocycles. The van der Waals surface area contributed by atoms with Crippen LogP contribution in [0.25, 0.3) is 0 Å². The van der Waals surface area contributed by atoms with Crippen LogP contribution in [0, 0.1) is 81.3 Å². The molecule has 0 spiro atoms. The highest BCUT2D eigenvalue weighted by Gasteiger charge is 2.73. The second-order valence-corrected chi connectivity index (χ2v) is 14.5. The molecule has 0 bridgehead atoms. The summed E-state index contributed by atoms with van der Waals surface area (Å²) in [4.78, 5) is 0. The Labute approximate surface area is 236 Å². The van der Waals surface area contributed by atoms with Crippen molar-refractivity contribution in [1.29, 1.82) is 0 Å². The van der Waals surface area contributed by atoms with Crippen molar-refractivity contribution in [2.24, 2.45) is 81.3 Å². The van der Waals surface area contributed by atoms with Crippen LogP contribution in [-0.2, 0) is 0 Å². The Hall–Kier alpha value is -0.260. The first-order valence-corrected chi connectivity index (χ1v) is 16.8. The second kappa shape index (κ2) is 12.9. The van der Waals surface area contributed by atoms with Gasteiger partial charge in [0, 0.05) is 0 Å². The Bertz CT molecular complexity index is 720. The minimum Gasteiger partial charge on any atom is -0.0998 e. The molecular weight excluding hydrogens is 444 g/mol. The number of allylic oxidation sites excluding steroid dienone is 1. The van der Waals surface area contributed by atoms with Gasteiger partial charge in [0.1, 0.15) is 0 Å². The molecule has 14 atom stereocenters. The Morgan fingerprint density at radius 1 is 0.838 bits per heavy atom. The summed E-state index contributed by atoms with van der Waals surface area (Å²) in [6.07, 6.45) is 5.48. The summed E-state index contributed by atoms with van der Waals surface area (Å²) in [6, 6.07) is 0. The van der Waals surface area contributed by atoms with E-state index in [0.717, 1.165) is 53.3 Å². The number of rotatable bonds is 6. The number of fused-ring (bicyclic) bond motifs is 2. The third-order valence-corrected chi connectivity index (χ3v) is 14.0. The molecule has 3 aliphatic rings. The molecule has 0 heteroatoms. The van der Waals surface area contributed by atoms with E-state index < -0.39 is 0 Å². The fraction of sp³-hybridized carbons (Fsp3) is 0.946. The summed E-state index contributed by atoms with van der Waals surface area (Å²) in [5.74, 6) is 8.62. The number of hydrogen-bond acceptors (Lipinski definition) is 0. The molecule has 0 radical (unpaired) electrons. The monoisotopic (exact) mass is 517 g/mol. The first-order chi connectivity index (χ1) is 17.2. The molecule has 0 N–H and O–H groups in total. The third kappa shape index (κ3) is 4.94. The standard InChI is InChI=1S/C33H60.2C2H6/c1-15-17-20(5)21(6)27-18-31(12)26(11)33(14)28(16-2)23(8)29(19(3)4)24(9)32(33,13)25(10)30(31)22(27)7;2*1-2/h20-30H,3,15-18H2,1-2,4-14H3;2*1-2H3. The summed E-state index contributed by atoms with van der Waals surface area (Å²) in [5.41, 5.74) is 2.63. The highest BCUT2D eigenvalue weighted by molar-refractivity contribution is 5.23. The molecule has 37 heavy (non-hydrogen) atoms. The van der Waals surface area contributed by atoms with Gasteiger partial charge in [0.05, 0.1) is 0 Å². The fourth-order valence-corrected chi connectivity index (χ4v) is 11.9. The fourth-order valence-electron chi connectivity index (χ4n) is 11.9. The van der Waals surface area contributed by atoms with Crippen molar-refractivity contribution in [1.82, 2.24) is 0 Å². The lowest BCUT2D eigenvalue weighted by Gasteiger charge is -2.74. The SMILES string of the molecule is C=C(C)C1C(C)C(CC)C2(C)C(C)C3(C)CC(C(C)C(C)CCC)C(C)C3C(C)C2(C)C1C.CC.CC. The molecule has 3 saturated carbocycles. The van der Waals surface area contributed by atoms with E-state index in [1.165, 1.54) is 31.3 Å². The highest BCUT2D eigenvalue weighted by atomic mass is 14.8. The van der Waals surface area contributed by atoms with Crippen LogP contribution in [0.1, 0.15) is 143 Å². The summed E-state index contributed by atoms with van der Waals surface area (Å²) in [6.45, 7) is 46.4. The van der Waals surface area contributed by atoms with Gasteiger partial charge in [0.25, 0.3) is 0 Å². The third-order valence-electron chi connectivity index (χ3n) is 14.0. The van der Waals surface area contributed by atoms with Gasteiger partial charge < -0.3 is 0 Å². The predicted octanol–water partition coefficient (Wildman–Crippen LogP) is 12.2. The maximum Gasteiger partial charge on any atom is -0.0149 e. The molecular formula is C37H72. The van der Waals surface area contributed by atoms with Crippen LogP contribution in [-0.4, -0.2) is 0 Å². The van der Waals surface area contributed by atoms with Crippen molar-refractivity contribution < 1.29 is 0 Å². The van der Waals surface area contributed by atoms with E-state index in [2.05, 4.69) is 96.6 Å². The lowest BCUT2D eigenvalue weighted by atomic mass is 9.30. The van der Waals surface area contributed by atoms with Crippen LogP contribution in [0.2, 0.25) is 0 Å². The van der Waals surface area contributed by atoms with E-state index in [-0.39, 0.29) is 0 Å². The highest BCUT2D eigenvalue weighted by Crippen LogP contribution is 2.78. The van der Waals surface area contributed by atoms with E-state index >= 15 is 0 Å². The van der Waals surface area contributed by atoms with E-state index in [1.54, 1.807) is 0 Å². The maximum atomic E-state index is 4.55. The van der Waals surface area contributed by atoms with Gasteiger partial charge in [-0.15, -0.1) is 0 Å². The first-order valence-electron chi connectivity index (χ1n) is 16.8. The molecule has 0 saturated heterocycles. The first kappa shape index (κ1) is 34.8. The topological polar surface area (TPSA) is 0 Å². The van der Waals surface area contributed by atoms with Gasteiger partial charge in [0.15, 0.2) is 0 Å². The molecule has 14 unspecified atom stereocenters. The van der Waals surface area contributed by atoms with Crippen LogP contribution in [0.4, 0.5) is 0 Å². The Kier molecular flexibility index (Phi) is 12.2. The largest absolute Gasteiger partial charge is 0.0998 e. The Morgan fingerprint density at radius 3 is 1.78 bits per heavy atom. The van der Waals surface area contributed by atoms with E-state index in [4.69, 9.17) is 0 Å². The lowest BCUT2D eigenvalue weighted by molar-refractivity contribution is -0.261. The van der Waals surface area contributed by atoms with Gasteiger partial charge >= 0.3 is 0 Å². The van der Waals surface area contributed by atoms with Gasteiger partial charge in [0.2, 0.25) is 0 Å². The summed E-state index contributed by atoms with van der Waals surface area (Å²) < 4.78 is 0. The molecule has 3 rings (SSSR count). The van der Waals surface area contributed by atoms with Crippen molar-refractivity contribution in [3.63, 3.8) is 0 Å². The van der Waals surface area contributed by atoms with Crippen LogP contribution in [0.15, 0.2) is 12.2 Å².